The molecule has 0 radical (unpaired) electrons. The van der Waals surface area contributed by atoms with Gasteiger partial charge in [0.25, 0.3) is 0 Å². The Bertz CT molecular complexity index is 505. The molecule has 3 nitrogen and oxygen atoms in total. The van der Waals surface area contributed by atoms with Gasteiger partial charge >= 0.3 is 0 Å². The zero-order valence-corrected chi connectivity index (χ0v) is 10.9. The first-order valence-corrected chi connectivity index (χ1v) is 6.72. The molecule has 0 atom stereocenters. The maximum absolute atomic E-state index is 5.92. The molecule has 0 aliphatic carbocycles. The smallest absolute Gasteiger partial charge is 0.130 e. The number of rotatable bonds is 4. The third kappa shape index (κ3) is 3.61. The van der Waals surface area contributed by atoms with Crippen molar-refractivity contribution in [1.29, 1.82) is 0 Å². The highest BCUT2D eigenvalue weighted by Crippen LogP contribution is 2.15. The maximum Gasteiger partial charge on any atom is 0.130 e. The number of anilines is 1. The van der Waals surface area contributed by atoms with E-state index in [0.717, 1.165) is 21.4 Å². The Morgan fingerprint density at radius 1 is 1.29 bits per heavy atom. The molecule has 2 rings (SSSR count). The second-order valence-electron chi connectivity index (χ2n) is 3.43. The van der Waals surface area contributed by atoms with Gasteiger partial charge in [-0.1, -0.05) is 23.7 Å². The molecule has 0 spiro atoms. The third-order valence-electron chi connectivity index (χ3n) is 2.21. The monoisotopic (exact) mass is 265 g/mol. The van der Waals surface area contributed by atoms with Crippen LogP contribution in [-0.2, 0) is 6.54 Å². The fraction of sp³-hybridized carbons (Fsp3) is 0.167. The van der Waals surface area contributed by atoms with E-state index in [1.54, 1.807) is 18.1 Å². The molecule has 1 aromatic carbocycles. The Labute approximate surface area is 110 Å². The molecule has 0 fully saturated rings. The average molecular weight is 266 g/mol. The number of nitrogens with one attached hydrogen (secondary N) is 1. The second kappa shape index (κ2) is 5.89. The molecular weight excluding hydrogens is 254 g/mol. The molecule has 1 N–H and O–H groups in total. The lowest BCUT2D eigenvalue weighted by Gasteiger charge is -2.06. The van der Waals surface area contributed by atoms with E-state index in [1.165, 1.54) is 0 Å². The fourth-order valence-corrected chi connectivity index (χ4v) is 1.98. The molecule has 0 unspecified atom stereocenters. The van der Waals surface area contributed by atoms with Crippen LogP contribution in [0.4, 0.5) is 5.82 Å². The van der Waals surface area contributed by atoms with Crippen LogP contribution < -0.4 is 5.32 Å². The minimum absolute atomic E-state index is 0.700. The normalized spacial score (nSPS) is 10.2. The zero-order valence-electron chi connectivity index (χ0n) is 9.35. The molecule has 0 amide bonds. The first-order valence-electron chi connectivity index (χ1n) is 5.12. The van der Waals surface area contributed by atoms with Crippen LogP contribution in [-0.4, -0.2) is 16.2 Å². The summed E-state index contributed by atoms with van der Waals surface area (Å²) in [4.78, 5) is 8.27. The highest BCUT2D eigenvalue weighted by atomic mass is 35.5. The van der Waals surface area contributed by atoms with Crippen molar-refractivity contribution in [2.45, 2.75) is 11.6 Å². The Hall–Kier alpha value is -1.26. The van der Waals surface area contributed by atoms with Gasteiger partial charge in [0, 0.05) is 17.6 Å². The van der Waals surface area contributed by atoms with E-state index in [2.05, 4.69) is 15.3 Å². The molecule has 0 aliphatic heterocycles. The summed E-state index contributed by atoms with van der Waals surface area (Å²) in [5.41, 5.74) is 1.13. The number of aromatic nitrogens is 2. The van der Waals surface area contributed by atoms with Crippen molar-refractivity contribution >= 4 is 29.2 Å². The summed E-state index contributed by atoms with van der Waals surface area (Å²) in [6.07, 6.45) is 3.55. The van der Waals surface area contributed by atoms with E-state index < -0.39 is 0 Å². The zero-order chi connectivity index (χ0) is 12.1. The molecule has 0 aliphatic rings. The molecule has 1 aromatic heterocycles. The Morgan fingerprint density at radius 2 is 2.18 bits per heavy atom. The molecular formula is C12H12ClN3S. The van der Waals surface area contributed by atoms with Gasteiger partial charge in [0.15, 0.2) is 0 Å². The quantitative estimate of drug-likeness (QED) is 0.679. The van der Waals surface area contributed by atoms with Gasteiger partial charge in [0.05, 0.1) is 0 Å². The first kappa shape index (κ1) is 12.2. The molecule has 0 bridgehead atoms. The maximum atomic E-state index is 5.92. The first-order chi connectivity index (χ1) is 8.28. The Morgan fingerprint density at radius 3 is 2.94 bits per heavy atom. The van der Waals surface area contributed by atoms with Crippen LogP contribution >= 0.6 is 23.4 Å². The third-order valence-corrected chi connectivity index (χ3v) is 3.09. The lowest BCUT2D eigenvalue weighted by molar-refractivity contribution is 1.02. The lowest BCUT2D eigenvalue weighted by Crippen LogP contribution is -2.01. The van der Waals surface area contributed by atoms with Crippen LogP contribution in [0.3, 0.4) is 0 Å². The van der Waals surface area contributed by atoms with Gasteiger partial charge in [-0.3, -0.25) is 0 Å². The number of nitrogens with zero attached hydrogens (tertiary/aromatic N) is 2. The molecule has 88 valence electrons. The SMILES string of the molecule is CSc1cc(NCc2cccc(Cl)c2)ncn1. The van der Waals surface area contributed by atoms with Gasteiger partial charge < -0.3 is 5.32 Å². The molecule has 0 saturated carbocycles. The molecule has 1 heterocycles. The average Bonchev–Trinajstić information content (AvgIpc) is 2.37. The van der Waals surface area contributed by atoms with E-state index in [0.29, 0.717) is 6.54 Å². The summed E-state index contributed by atoms with van der Waals surface area (Å²) in [5, 5.41) is 4.94. The minimum Gasteiger partial charge on any atom is -0.366 e. The van der Waals surface area contributed by atoms with Crippen molar-refractivity contribution in [3.05, 3.63) is 47.2 Å². The van der Waals surface area contributed by atoms with E-state index in [-0.39, 0.29) is 0 Å². The van der Waals surface area contributed by atoms with E-state index in [1.807, 2.05) is 36.6 Å². The van der Waals surface area contributed by atoms with Gasteiger partial charge in [0.1, 0.15) is 17.2 Å². The summed E-state index contributed by atoms with van der Waals surface area (Å²) in [6, 6.07) is 9.68. The topological polar surface area (TPSA) is 37.8 Å². The van der Waals surface area contributed by atoms with Gasteiger partial charge in [-0.15, -0.1) is 11.8 Å². The van der Waals surface area contributed by atoms with Gasteiger partial charge in [-0.2, -0.15) is 0 Å². The summed E-state index contributed by atoms with van der Waals surface area (Å²) >= 11 is 7.51. The predicted molar refractivity (Wildman–Crippen MR) is 72.6 cm³/mol. The van der Waals surface area contributed by atoms with Crippen molar-refractivity contribution in [1.82, 2.24) is 9.97 Å². The fourth-order valence-electron chi connectivity index (χ4n) is 1.39. The predicted octanol–water partition coefficient (Wildman–Crippen LogP) is 3.46. The summed E-state index contributed by atoms with van der Waals surface area (Å²) < 4.78 is 0. The molecule has 0 saturated heterocycles. The number of hydrogen-bond donors (Lipinski definition) is 1. The number of benzene rings is 1. The van der Waals surface area contributed by atoms with Crippen LogP contribution in [0.15, 0.2) is 41.7 Å². The molecule has 5 heteroatoms. The number of thioether (sulfide) groups is 1. The number of hydrogen-bond acceptors (Lipinski definition) is 4. The Kier molecular flexibility index (Phi) is 4.23. The van der Waals surface area contributed by atoms with Crippen LogP contribution in [0, 0.1) is 0 Å². The van der Waals surface area contributed by atoms with Crippen LogP contribution in [0.25, 0.3) is 0 Å². The summed E-state index contributed by atoms with van der Waals surface area (Å²) in [6.45, 7) is 0.700. The summed E-state index contributed by atoms with van der Waals surface area (Å²) in [7, 11) is 0. The van der Waals surface area contributed by atoms with E-state index in [4.69, 9.17) is 11.6 Å². The molecule has 2 aromatic rings. The highest BCUT2D eigenvalue weighted by Gasteiger charge is 1.98. The van der Waals surface area contributed by atoms with Crippen LogP contribution in [0.2, 0.25) is 5.02 Å². The second-order valence-corrected chi connectivity index (χ2v) is 4.69. The van der Waals surface area contributed by atoms with Crippen molar-refractivity contribution < 1.29 is 0 Å². The van der Waals surface area contributed by atoms with E-state index in [9.17, 15) is 0 Å². The van der Waals surface area contributed by atoms with E-state index >= 15 is 0 Å². The van der Waals surface area contributed by atoms with Crippen molar-refractivity contribution in [2.24, 2.45) is 0 Å². The lowest BCUT2D eigenvalue weighted by atomic mass is 10.2. The number of halogens is 1. The van der Waals surface area contributed by atoms with Gasteiger partial charge in [0.2, 0.25) is 0 Å². The largest absolute Gasteiger partial charge is 0.366 e. The Balaban J connectivity index is 2.02. The van der Waals surface area contributed by atoms with Gasteiger partial charge in [-0.25, -0.2) is 9.97 Å². The van der Waals surface area contributed by atoms with Crippen LogP contribution in [0.1, 0.15) is 5.56 Å². The van der Waals surface area contributed by atoms with Gasteiger partial charge in [-0.05, 0) is 24.0 Å². The van der Waals surface area contributed by atoms with Crippen molar-refractivity contribution in [3.8, 4) is 0 Å². The minimum atomic E-state index is 0.700. The highest BCUT2D eigenvalue weighted by molar-refractivity contribution is 7.98. The standard InChI is InChI=1S/C12H12ClN3S/c1-17-12-6-11(15-8-16-12)14-7-9-3-2-4-10(13)5-9/h2-6,8H,7H2,1H3,(H,14,15,16). The van der Waals surface area contributed by atoms with Crippen LogP contribution in [0.5, 0.6) is 0 Å². The van der Waals surface area contributed by atoms with Crippen molar-refractivity contribution in [3.63, 3.8) is 0 Å². The molecule has 17 heavy (non-hydrogen) atoms. The summed E-state index contributed by atoms with van der Waals surface area (Å²) in [5.74, 6) is 0.823. The van der Waals surface area contributed by atoms with Crippen molar-refractivity contribution in [2.75, 3.05) is 11.6 Å².